The van der Waals surface area contributed by atoms with Crippen molar-refractivity contribution in [2.24, 2.45) is 4.99 Å². The molecule has 6 nitrogen and oxygen atoms in total. The van der Waals surface area contributed by atoms with Crippen molar-refractivity contribution >= 4 is 35.7 Å². The Morgan fingerprint density at radius 1 is 1.08 bits per heavy atom. The van der Waals surface area contributed by atoms with Crippen LogP contribution in [0, 0.1) is 6.92 Å². The van der Waals surface area contributed by atoms with Crippen molar-refractivity contribution in [3.8, 4) is 0 Å². The van der Waals surface area contributed by atoms with Gasteiger partial charge in [-0.05, 0) is 79.5 Å². The number of hydrogen-bond acceptors (Lipinski definition) is 5. The lowest BCUT2D eigenvalue weighted by atomic mass is 9.89. The molecule has 1 N–H and O–H groups in total. The number of aryl methyl sites for hydroxylation is 1. The Balaban J connectivity index is 1.18. The third kappa shape index (κ3) is 5.51. The molecule has 2 fully saturated rings. The van der Waals surface area contributed by atoms with Crippen LogP contribution in [0.5, 0.6) is 0 Å². The Morgan fingerprint density at radius 2 is 1.82 bits per heavy atom. The van der Waals surface area contributed by atoms with Crippen molar-refractivity contribution in [3.05, 3.63) is 75.7 Å². The van der Waals surface area contributed by atoms with E-state index in [4.69, 9.17) is 0 Å². The highest BCUT2D eigenvalue weighted by molar-refractivity contribution is 8.00. The molecular weight excluding hydrogens is 513 g/mol. The second-order valence-electron chi connectivity index (χ2n) is 9.93. The van der Waals surface area contributed by atoms with E-state index in [9.17, 15) is 22.8 Å². The van der Waals surface area contributed by atoms with Gasteiger partial charge in [-0.1, -0.05) is 30.1 Å². The minimum absolute atomic E-state index is 0.0903. The third-order valence-electron chi connectivity index (χ3n) is 7.36. The average molecular weight is 543 g/mol. The van der Waals surface area contributed by atoms with Crippen LogP contribution in [-0.2, 0) is 11.0 Å². The molecule has 2 aromatic rings. The first-order valence-corrected chi connectivity index (χ1v) is 13.6. The highest BCUT2D eigenvalue weighted by Gasteiger charge is 2.46. The fourth-order valence-corrected chi connectivity index (χ4v) is 5.86. The predicted octanol–water partition coefficient (Wildman–Crippen LogP) is 5.28. The van der Waals surface area contributed by atoms with E-state index in [1.807, 2.05) is 41.5 Å². The SMILES string of the molecule is Cc1cc(C(=O)N2CCCC2)ccc1/C=C/SN1CCC2(CC1)N=C(c1cccc(C(F)(F)F)c1)NC2=O. The molecule has 200 valence electrons. The maximum Gasteiger partial charge on any atom is 0.416 e. The number of nitrogens with zero attached hydrogens (tertiary/aromatic N) is 3. The van der Waals surface area contributed by atoms with Gasteiger partial charge in [0.25, 0.3) is 11.8 Å². The van der Waals surface area contributed by atoms with Gasteiger partial charge >= 0.3 is 6.18 Å². The lowest BCUT2D eigenvalue weighted by molar-refractivity contribution is -0.137. The van der Waals surface area contributed by atoms with Crippen molar-refractivity contribution in [3.63, 3.8) is 0 Å². The van der Waals surface area contributed by atoms with E-state index in [-0.39, 0.29) is 23.2 Å². The number of piperidine rings is 1. The zero-order chi connectivity index (χ0) is 26.9. The number of halogens is 3. The van der Waals surface area contributed by atoms with Gasteiger partial charge in [-0.25, -0.2) is 4.31 Å². The first-order chi connectivity index (χ1) is 18.1. The van der Waals surface area contributed by atoms with E-state index in [0.717, 1.165) is 54.8 Å². The van der Waals surface area contributed by atoms with Crippen LogP contribution >= 0.6 is 11.9 Å². The Kier molecular flexibility index (Phi) is 7.37. The standard InChI is InChI=1S/C28H29F3N4O2S/c1-19-17-22(25(36)34-12-2-3-13-34)8-7-20(19)9-16-38-35-14-10-27(11-15-35)26(37)32-24(33-27)21-5-4-6-23(18-21)28(29,30)31/h4-9,16-18H,2-3,10-15H2,1H3,(H,32,33,37)/b16-9+. The Labute approximate surface area is 224 Å². The van der Waals surface area contributed by atoms with E-state index in [2.05, 4.69) is 14.6 Å². The topological polar surface area (TPSA) is 65.0 Å². The summed E-state index contributed by atoms with van der Waals surface area (Å²) in [7, 11) is 0. The van der Waals surface area contributed by atoms with Gasteiger partial charge in [0.2, 0.25) is 0 Å². The summed E-state index contributed by atoms with van der Waals surface area (Å²) in [4.78, 5) is 31.9. The summed E-state index contributed by atoms with van der Waals surface area (Å²) in [6.07, 6.45) is 0.644. The molecule has 5 rings (SSSR count). The molecule has 0 aromatic heterocycles. The van der Waals surface area contributed by atoms with Crippen molar-refractivity contribution in [2.45, 2.75) is 44.3 Å². The maximum absolute atomic E-state index is 13.1. The molecule has 2 amide bonds. The fraction of sp³-hybridized carbons (Fsp3) is 0.393. The predicted molar refractivity (Wildman–Crippen MR) is 143 cm³/mol. The van der Waals surface area contributed by atoms with E-state index in [1.165, 1.54) is 12.1 Å². The number of rotatable bonds is 5. The molecule has 0 bridgehead atoms. The molecule has 2 saturated heterocycles. The van der Waals surface area contributed by atoms with E-state index in [1.54, 1.807) is 11.9 Å². The monoisotopic (exact) mass is 542 g/mol. The first kappa shape index (κ1) is 26.5. The largest absolute Gasteiger partial charge is 0.416 e. The van der Waals surface area contributed by atoms with Crippen molar-refractivity contribution < 1.29 is 22.8 Å². The van der Waals surface area contributed by atoms with Gasteiger partial charge in [-0.15, -0.1) is 0 Å². The lowest BCUT2D eigenvalue weighted by Gasteiger charge is -2.34. The summed E-state index contributed by atoms with van der Waals surface area (Å²) in [5, 5.41) is 4.70. The Morgan fingerprint density at radius 3 is 2.50 bits per heavy atom. The highest BCUT2D eigenvalue weighted by atomic mass is 32.2. The fourth-order valence-electron chi connectivity index (χ4n) is 5.08. The molecule has 3 heterocycles. The van der Waals surface area contributed by atoms with Crippen molar-refractivity contribution in [1.29, 1.82) is 0 Å². The second kappa shape index (κ2) is 10.6. The summed E-state index contributed by atoms with van der Waals surface area (Å²) in [5.41, 5.74) is 1.33. The number of aliphatic imine (C=N–C) groups is 1. The number of hydrogen-bond donors (Lipinski definition) is 1. The summed E-state index contributed by atoms with van der Waals surface area (Å²) in [6, 6.07) is 10.7. The van der Waals surface area contributed by atoms with Gasteiger partial charge in [0.05, 0.1) is 5.56 Å². The molecular formula is C28H29F3N4O2S. The second-order valence-corrected chi connectivity index (χ2v) is 10.9. The number of amides is 2. The molecule has 3 aliphatic heterocycles. The molecule has 0 unspecified atom stereocenters. The van der Waals surface area contributed by atoms with Gasteiger partial charge in [0.15, 0.2) is 0 Å². The molecule has 3 aliphatic rings. The van der Waals surface area contributed by atoms with Gasteiger partial charge in [-0.2, -0.15) is 13.2 Å². The normalized spacial score (nSPS) is 19.8. The number of benzene rings is 2. The summed E-state index contributed by atoms with van der Waals surface area (Å²) < 4.78 is 41.5. The van der Waals surface area contributed by atoms with Crippen LogP contribution in [0.15, 0.2) is 52.9 Å². The number of carbonyl (C=O) groups excluding carboxylic acids is 2. The first-order valence-electron chi connectivity index (χ1n) is 12.7. The smallest absolute Gasteiger partial charge is 0.339 e. The number of nitrogens with one attached hydrogen (secondary N) is 1. The van der Waals surface area contributed by atoms with Crippen LogP contribution in [-0.4, -0.2) is 58.6 Å². The molecule has 10 heteroatoms. The van der Waals surface area contributed by atoms with Crippen molar-refractivity contribution in [2.75, 3.05) is 26.2 Å². The highest BCUT2D eigenvalue weighted by Crippen LogP contribution is 2.35. The Hall–Kier alpha value is -3.11. The zero-order valence-electron chi connectivity index (χ0n) is 21.1. The van der Waals surface area contributed by atoms with Crippen LogP contribution in [0.25, 0.3) is 6.08 Å². The van der Waals surface area contributed by atoms with Crippen molar-refractivity contribution in [1.82, 2.24) is 14.5 Å². The molecule has 38 heavy (non-hydrogen) atoms. The quantitative estimate of drug-likeness (QED) is 0.523. The molecule has 0 atom stereocenters. The zero-order valence-corrected chi connectivity index (χ0v) is 21.9. The maximum atomic E-state index is 13.1. The number of amidine groups is 1. The van der Waals surface area contributed by atoms with E-state index >= 15 is 0 Å². The number of carbonyl (C=O) groups is 2. The van der Waals surface area contributed by atoms with Crippen LogP contribution in [0.1, 0.15) is 58.3 Å². The summed E-state index contributed by atoms with van der Waals surface area (Å²) in [6.45, 7) is 4.88. The van der Waals surface area contributed by atoms with Crippen LogP contribution < -0.4 is 5.32 Å². The van der Waals surface area contributed by atoms with Gasteiger partial charge in [0.1, 0.15) is 11.4 Å². The summed E-state index contributed by atoms with van der Waals surface area (Å²) in [5.74, 6) is 0.0288. The van der Waals surface area contributed by atoms with Crippen LogP contribution in [0.2, 0.25) is 0 Å². The molecule has 1 spiro atoms. The van der Waals surface area contributed by atoms with Crippen LogP contribution in [0.3, 0.4) is 0 Å². The van der Waals surface area contributed by atoms with E-state index in [0.29, 0.717) is 25.9 Å². The number of alkyl halides is 3. The lowest BCUT2D eigenvalue weighted by Crippen LogP contribution is -2.47. The van der Waals surface area contributed by atoms with Crippen LogP contribution in [0.4, 0.5) is 13.2 Å². The van der Waals surface area contributed by atoms with Gasteiger partial charge < -0.3 is 10.2 Å². The minimum atomic E-state index is -4.46. The van der Waals surface area contributed by atoms with Gasteiger partial charge in [0, 0.05) is 37.3 Å². The Bertz CT molecular complexity index is 1290. The molecule has 0 radical (unpaired) electrons. The molecule has 0 saturated carbocycles. The number of likely N-dealkylation sites (tertiary alicyclic amines) is 1. The molecule has 0 aliphatic carbocycles. The summed E-state index contributed by atoms with van der Waals surface area (Å²) >= 11 is 1.55. The van der Waals surface area contributed by atoms with Gasteiger partial charge in [-0.3, -0.25) is 14.6 Å². The average Bonchev–Trinajstić information content (AvgIpc) is 3.54. The third-order valence-corrected chi connectivity index (χ3v) is 8.28. The van der Waals surface area contributed by atoms with E-state index < -0.39 is 17.3 Å². The molecule has 2 aromatic carbocycles. The minimum Gasteiger partial charge on any atom is -0.339 e.